The van der Waals surface area contributed by atoms with E-state index in [0.717, 1.165) is 38.5 Å². The molecule has 0 radical (unpaired) electrons. The maximum atomic E-state index is 12.6. The number of likely N-dealkylation sites (N-methyl/N-ethyl adjacent to an activating group) is 1. The van der Waals surface area contributed by atoms with Crippen molar-refractivity contribution in [3.63, 3.8) is 0 Å². The van der Waals surface area contributed by atoms with E-state index in [0.29, 0.717) is 18.9 Å². The molecular formula is C15H23N3O2. The predicted octanol–water partition coefficient (Wildman–Crippen LogP) is 1.59. The second-order valence-electron chi connectivity index (χ2n) is 6.11. The standard InChI is InChI=1S/C15H23N3O2/c1-18(10-13(19)17-12-6-7-12)14(20)15(11-16)8-4-2-3-5-9-15/h12H,2-10H2,1H3,(H,17,19). The SMILES string of the molecule is CN(CC(=O)NC1CC1)C(=O)C1(C#N)CCCCCC1. The van der Waals surface area contributed by atoms with Gasteiger partial charge in [-0.1, -0.05) is 25.7 Å². The van der Waals surface area contributed by atoms with Crippen LogP contribution in [-0.2, 0) is 9.59 Å². The molecule has 2 rings (SSSR count). The molecule has 0 unspecified atom stereocenters. The average Bonchev–Trinajstić information content (AvgIpc) is 3.24. The number of carbonyl (C=O) groups excluding carboxylic acids is 2. The lowest BCUT2D eigenvalue weighted by molar-refractivity contribution is -0.141. The summed E-state index contributed by atoms with van der Waals surface area (Å²) in [5.74, 6) is -0.307. The van der Waals surface area contributed by atoms with Gasteiger partial charge in [-0.2, -0.15) is 5.26 Å². The minimum Gasteiger partial charge on any atom is -0.352 e. The van der Waals surface area contributed by atoms with Crippen molar-refractivity contribution < 1.29 is 9.59 Å². The first kappa shape index (κ1) is 14.8. The van der Waals surface area contributed by atoms with Crippen molar-refractivity contribution in [3.8, 4) is 6.07 Å². The topological polar surface area (TPSA) is 73.2 Å². The quantitative estimate of drug-likeness (QED) is 0.793. The van der Waals surface area contributed by atoms with Gasteiger partial charge in [-0.15, -0.1) is 0 Å². The maximum Gasteiger partial charge on any atom is 0.243 e. The van der Waals surface area contributed by atoms with Crippen LogP contribution in [-0.4, -0.2) is 36.3 Å². The fourth-order valence-corrected chi connectivity index (χ4v) is 2.86. The van der Waals surface area contributed by atoms with E-state index in [9.17, 15) is 14.9 Å². The molecule has 2 aliphatic rings. The summed E-state index contributed by atoms with van der Waals surface area (Å²) in [5, 5.41) is 12.3. The number of rotatable bonds is 4. The fourth-order valence-electron chi connectivity index (χ4n) is 2.86. The monoisotopic (exact) mass is 277 g/mol. The smallest absolute Gasteiger partial charge is 0.243 e. The van der Waals surface area contributed by atoms with Crippen molar-refractivity contribution in [2.45, 2.75) is 57.4 Å². The van der Waals surface area contributed by atoms with Crippen LogP contribution in [0.2, 0.25) is 0 Å². The molecular weight excluding hydrogens is 254 g/mol. The fraction of sp³-hybridized carbons (Fsp3) is 0.800. The molecule has 0 aromatic carbocycles. The molecule has 2 amide bonds. The Bertz CT molecular complexity index is 415. The van der Waals surface area contributed by atoms with Crippen LogP contribution in [0.5, 0.6) is 0 Å². The first-order valence-corrected chi connectivity index (χ1v) is 7.53. The lowest BCUT2D eigenvalue weighted by atomic mass is 9.80. The summed E-state index contributed by atoms with van der Waals surface area (Å²) >= 11 is 0. The Balaban J connectivity index is 1.95. The molecule has 2 aliphatic carbocycles. The molecule has 5 nitrogen and oxygen atoms in total. The molecule has 0 heterocycles. The Hall–Kier alpha value is -1.57. The molecule has 0 aromatic heterocycles. The minimum absolute atomic E-state index is 0.0543. The summed E-state index contributed by atoms with van der Waals surface area (Å²) in [5.41, 5.74) is -0.912. The molecule has 0 bridgehead atoms. The zero-order valence-corrected chi connectivity index (χ0v) is 12.2. The van der Waals surface area contributed by atoms with E-state index in [-0.39, 0.29) is 18.4 Å². The van der Waals surface area contributed by atoms with Crippen LogP contribution >= 0.6 is 0 Å². The molecule has 1 N–H and O–H groups in total. The second-order valence-corrected chi connectivity index (χ2v) is 6.11. The normalized spacial score (nSPS) is 21.4. The van der Waals surface area contributed by atoms with Crippen LogP contribution in [0.25, 0.3) is 0 Å². The third-order valence-electron chi connectivity index (χ3n) is 4.25. The van der Waals surface area contributed by atoms with Crippen LogP contribution in [0.15, 0.2) is 0 Å². The molecule has 110 valence electrons. The predicted molar refractivity (Wildman–Crippen MR) is 74.5 cm³/mol. The zero-order valence-electron chi connectivity index (χ0n) is 12.2. The minimum atomic E-state index is -0.912. The molecule has 0 saturated heterocycles. The summed E-state index contributed by atoms with van der Waals surface area (Å²) in [7, 11) is 1.62. The number of hydrogen-bond acceptors (Lipinski definition) is 3. The number of nitriles is 1. The molecule has 2 saturated carbocycles. The number of hydrogen-bond donors (Lipinski definition) is 1. The van der Waals surface area contributed by atoms with Gasteiger partial charge in [0.05, 0.1) is 12.6 Å². The Morgan fingerprint density at radius 1 is 1.25 bits per heavy atom. The van der Waals surface area contributed by atoms with Crippen LogP contribution < -0.4 is 5.32 Å². The number of nitrogens with one attached hydrogen (secondary N) is 1. The van der Waals surface area contributed by atoms with Crippen molar-refractivity contribution >= 4 is 11.8 Å². The van der Waals surface area contributed by atoms with Gasteiger partial charge in [-0.3, -0.25) is 9.59 Å². The largest absolute Gasteiger partial charge is 0.352 e. The summed E-state index contributed by atoms with van der Waals surface area (Å²) in [6.45, 7) is 0.0543. The summed E-state index contributed by atoms with van der Waals surface area (Å²) in [4.78, 5) is 25.8. The van der Waals surface area contributed by atoms with E-state index < -0.39 is 5.41 Å². The van der Waals surface area contributed by atoms with Crippen LogP contribution in [0, 0.1) is 16.7 Å². The van der Waals surface area contributed by atoms with E-state index in [1.165, 1.54) is 4.90 Å². The van der Waals surface area contributed by atoms with Gasteiger partial charge in [0.2, 0.25) is 11.8 Å². The molecule has 0 spiro atoms. The highest BCUT2D eigenvalue weighted by Gasteiger charge is 2.41. The third kappa shape index (κ3) is 3.50. The van der Waals surface area contributed by atoms with E-state index in [1.54, 1.807) is 7.05 Å². The third-order valence-corrected chi connectivity index (χ3v) is 4.25. The highest BCUT2D eigenvalue weighted by atomic mass is 16.2. The Labute approximate surface area is 120 Å². The summed E-state index contributed by atoms with van der Waals surface area (Å²) in [6, 6.07) is 2.54. The van der Waals surface area contributed by atoms with Gasteiger partial charge in [0, 0.05) is 13.1 Å². The van der Waals surface area contributed by atoms with Crippen LogP contribution in [0.1, 0.15) is 51.4 Å². The van der Waals surface area contributed by atoms with Gasteiger partial charge in [0.25, 0.3) is 0 Å². The number of nitrogens with zero attached hydrogens (tertiary/aromatic N) is 2. The lowest BCUT2D eigenvalue weighted by Crippen LogP contribution is -2.45. The van der Waals surface area contributed by atoms with Crippen molar-refractivity contribution in [2.75, 3.05) is 13.6 Å². The van der Waals surface area contributed by atoms with Gasteiger partial charge >= 0.3 is 0 Å². The first-order valence-electron chi connectivity index (χ1n) is 7.53. The molecule has 5 heteroatoms. The van der Waals surface area contributed by atoms with E-state index in [2.05, 4.69) is 11.4 Å². The first-order chi connectivity index (χ1) is 9.57. The van der Waals surface area contributed by atoms with E-state index in [4.69, 9.17) is 0 Å². The molecule has 0 aliphatic heterocycles. The number of carbonyl (C=O) groups is 2. The van der Waals surface area contributed by atoms with Crippen molar-refractivity contribution in [1.82, 2.24) is 10.2 Å². The van der Waals surface area contributed by atoms with Crippen molar-refractivity contribution in [1.29, 1.82) is 5.26 Å². The second kappa shape index (κ2) is 6.25. The van der Waals surface area contributed by atoms with E-state index in [1.807, 2.05) is 0 Å². The lowest BCUT2D eigenvalue weighted by Gasteiger charge is -2.29. The Kier molecular flexibility index (Phi) is 4.64. The Morgan fingerprint density at radius 2 is 1.85 bits per heavy atom. The van der Waals surface area contributed by atoms with Crippen molar-refractivity contribution in [3.05, 3.63) is 0 Å². The van der Waals surface area contributed by atoms with Gasteiger partial charge in [0.15, 0.2) is 0 Å². The zero-order chi connectivity index (χ0) is 14.6. The van der Waals surface area contributed by atoms with Gasteiger partial charge in [-0.25, -0.2) is 0 Å². The molecule has 0 atom stereocenters. The highest BCUT2D eigenvalue weighted by Crippen LogP contribution is 2.36. The van der Waals surface area contributed by atoms with Crippen LogP contribution in [0.3, 0.4) is 0 Å². The summed E-state index contributed by atoms with van der Waals surface area (Å²) < 4.78 is 0. The van der Waals surface area contributed by atoms with Crippen LogP contribution in [0.4, 0.5) is 0 Å². The number of amides is 2. The Morgan fingerprint density at radius 3 is 2.35 bits per heavy atom. The van der Waals surface area contributed by atoms with E-state index >= 15 is 0 Å². The summed E-state index contributed by atoms with van der Waals surface area (Å²) in [6.07, 6.45) is 7.32. The van der Waals surface area contributed by atoms with Gasteiger partial charge in [0.1, 0.15) is 5.41 Å². The average molecular weight is 277 g/mol. The maximum absolute atomic E-state index is 12.6. The molecule has 2 fully saturated rings. The van der Waals surface area contributed by atoms with Crippen molar-refractivity contribution in [2.24, 2.45) is 5.41 Å². The highest BCUT2D eigenvalue weighted by molar-refractivity contribution is 5.89. The van der Waals surface area contributed by atoms with Gasteiger partial charge < -0.3 is 10.2 Å². The molecule has 0 aromatic rings. The van der Waals surface area contributed by atoms with Gasteiger partial charge in [-0.05, 0) is 25.7 Å². The molecule has 20 heavy (non-hydrogen) atoms.